The van der Waals surface area contributed by atoms with E-state index in [-0.39, 0.29) is 5.91 Å². The average Bonchev–Trinajstić information content (AvgIpc) is 2.43. The van der Waals surface area contributed by atoms with E-state index < -0.39 is 0 Å². The second-order valence-corrected chi connectivity index (χ2v) is 5.51. The fraction of sp³-hybridized carbons (Fsp3) is 0.625. The highest BCUT2D eigenvalue weighted by Crippen LogP contribution is 2.09. The van der Waals surface area contributed by atoms with Gasteiger partial charge in [-0.25, -0.2) is 0 Å². The summed E-state index contributed by atoms with van der Waals surface area (Å²) >= 11 is 0. The zero-order valence-electron chi connectivity index (χ0n) is 12.2. The second kappa shape index (κ2) is 8.69. The number of pyridine rings is 1. The molecule has 1 aliphatic heterocycles. The number of rotatable bonds is 5. The molecule has 0 aliphatic carbocycles. The van der Waals surface area contributed by atoms with E-state index in [2.05, 4.69) is 15.2 Å². The highest BCUT2D eigenvalue weighted by molar-refractivity contribution is 5.78. The molecule has 1 aromatic rings. The van der Waals surface area contributed by atoms with Gasteiger partial charge in [0.1, 0.15) is 0 Å². The molecule has 2 heterocycles. The lowest BCUT2D eigenvalue weighted by Gasteiger charge is -2.23. The van der Waals surface area contributed by atoms with E-state index in [1.807, 2.05) is 18.3 Å². The molecule has 0 aromatic carbocycles. The third kappa shape index (κ3) is 5.70. The lowest BCUT2D eigenvalue weighted by Crippen LogP contribution is -2.39. The van der Waals surface area contributed by atoms with E-state index in [1.165, 1.54) is 37.7 Å². The average molecular weight is 275 g/mol. The van der Waals surface area contributed by atoms with Gasteiger partial charge in [0.15, 0.2) is 0 Å². The van der Waals surface area contributed by atoms with Gasteiger partial charge in [0, 0.05) is 18.9 Å². The number of hydrogen-bond acceptors (Lipinski definition) is 3. The molecule has 0 radical (unpaired) electrons. The lowest BCUT2D eigenvalue weighted by atomic mass is 10.1. The molecular formula is C16H25N3O. The molecule has 2 rings (SSSR count). The Morgan fingerprint density at radius 3 is 2.65 bits per heavy atom. The highest BCUT2D eigenvalue weighted by Gasteiger charge is 2.11. The van der Waals surface area contributed by atoms with Gasteiger partial charge in [-0.1, -0.05) is 25.3 Å². The van der Waals surface area contributed by atoms with E-state index in [0.717, 1.165) is 19.5 Å². The molecule has 0 spiro atoms. The van der Waals surface area contributed by atoms with Crippen LogP contribution in [0, 0.1) is 0 Å². The number of hydrogen-bond donors (Lipinski definition) is 1. The van der Waals surface area contributed by atoms with E-state index in [1.54, 1.807) is 6.20 Å². The first kappa shape index (κ1) is 15.0. The van der Waals surface area contributed by atoms with Gasteiger partial charge in [-0.2, -0.15) is 0 Å². The van der Waals surface area contributed by atoms with E-state index in [0.29, 0.717) is 13.1 Å². The fourth-order valence-electron chi connectivity index (χ4n) is 2.62. The van der Waals surface area contributed by atoms with Crippen molar-refractivity contribution in [3.63, 3.8) is 0 Å². The van der Waals surface area contributed by atoms with Crippen LogP contribution >= 0.6 is 0 Å². The summed E-state index contributed by atoms with van der Waals surface area (Å²) in [5.41, 5.74) is 1.17. The standard InChI is InChI=1S/C16H25N3O/c20-16(14-19-11-4-2-1-3-5-12-19)18-10-8-15-7-6-9-17-13-15/h6-7,9,13H,1-5,8,10-12,14H2,(H,18,20). The molecule has 1 aromatic heterocycles. The summed E-state index contributed by atoms with van der Waals surface area (Å²) in [5, 5.41) is 3.01. The summed E-state index contributed by atoms with van der Waals surface area (Å²) in [6.07, 6.45) is 10.9. The van der Waals surface area contributed by atoms with Crippen molar-refractivity contribution in [2.24, 2.45) is 0 Å². The first-order chi connectivity index (χ1) is 9.84. The largest absolute Gasteiger partial charge is 0.355 e. The third-order valence-corrected chi connectivity index (χ3v) is 3.77. The van der Waals surface area contributed by atoms with Crippen molar-refractivity contribution in [2.75, 3.05) is 26.2 Å². The molecule has 0 bridgehead atoms. The summed E-state index contributed by atoms with van der Waals surface area (Å²) in [6.45, 7) is 3.37. The van der Waals surface area contributed by atoms with E-state index >= 15 is 0 Å². The van der Waals surface area contributed by atoms with Crippen LogP contribution in [0.3, 0.4) is 0 Å². The molecule has 20 heavy (non-hydrogen) atoms. The van der Waals surface area contributed by atoms with Crippen LogP contribution in [0.5, 0.6) is 0 Å². The molecule has 1 aliphatic rings. The Balaban J connectivity index is 1.64. The van der Waals surface area contributed by atoms with Gasteiger partial charge >= 0.3 is 0 Å². The molecule has 4 nitrogen and oxygen atoms in total. The van der Waals surface area contributed by atoms with E-state index in [9.17, 15) is 4.79 Å². The van der Waals surface area contributed by atoms with Gasteiger partial charge in [0.2, 0.25) is 5.91 Å². The predicted octanol–water partition coefficient (Wildman–Crippen LogP) is 2.01. The molecule has 1 amide bonds. The van der Waals surface area contributed by atoms with Crippen LogP contribution in [0.2, 0.25) is 0 Å². The zero-order valence-corrected chi connectivity index (χ0v) is 12.2. The summed E-state index contributed by atoms with van der Waals surface area (Å²) in [6, 6.07) is 3.97. The fourth-order valence-corrected chi connectivity index (χ4v) is 2.62. The molecule has 1 fully saturated rings. The second-order valence-electron chi connectivity index (χ2n) is 5.51. The summed E-state index contributed by atoms with van der Waals surface area (Å²) < 4.78 is 0. The Kier molecular flexibility index (Phi) is 6.51. The molecule has 1 N–H and O–H groups in total. The first-order valence-corrected chi connectivity index (χ1v) is 7.72. The predicted molar refractivity (Wildman–Crippen MR) is 80.5 cm³/mol. The maximum absolute atomic E-state index is 11.9. The number of likely N-dealkylation sites (tertiary alicyclic amines) is 1. The van der Waals surface area contributed by atoms with Crippen molar-refractivity contribution in [3.8, 4) is 0 Å². The number of nitrogens with one attached hydrogen (secondary N) is 1. The number of aromatic nitrogens is 1. The van der Waals surface area contributed by atoms with Crippen molar-refractivity contribution < 1.29 is 4.79 Å². The zero-order chi connectivity index (χ0) is 14.0. The summed E-state index contributed by atoms with van der Waals surface area (Å²) in [4.78, 5) is 18.3. The van der Waals surface area contributed by atoms with Gasteiger partial charge in [-0.3, -0.25) is 14.7 Å². The quantitative estimate of drug-likeness (QED) is 0.894. The van der Waals surface area contributed by atoms with Gasteiger partial charge in [0.05, 0.1) is 6.54 Å². The van der Waals surface area contributed by atoms with Crippen LogP contribution in [-0.2, 0) is 11.2 Å². The maximum atomic E-state index is 11.9. The number of carbonyl (C=O) groups is 1. The molecule has 1 saturated heterocycles. The van der Waals surface area contributed by atoms with Crippen molar-refractivity contribution >= 4 is 5.91 Å². The van der Waals surface area contributed by atoms with Crippen molar-refractivity contribution in [2.45, 2.75) is 38.5 Å². The van der Waals surface area contributed by atoms with Gasteiger partial charge in [-0.15, -0.1) is 0 Å². The Bertz CT molecular complexity index is 386. The Morgan fingerprint density at radius 1 is 1.20 bits per heavy atom. The monoisotopic (exact) mass is 275 g/mol. The molecule has 0 unspecified atom stereocenters. The van der Waals surface area contributed by atoms with Gasteiger partial charge < -0.3 is 5.32 Å². The highest BCUT2D eigenvalue weighted by atomic mass is 16.2. The van der Waals surface area contributed by atoms with Crippen LogP contribution in [0.1, 0.15) is 37.7 Å². The smallest absolute Gasteiger partial charge is 0.234 e. The van der Waals surface area contributed by atoms with Crippen molar-refractivity contribution in [3.05, 3.63) is 30.1 Å². The Hall–Kier alpha value is -1.42. The molecule has 4 heteroatoms. The SMILES string of the molecule is O=C(CN1CCCCCCC1)NCCc1cccnc1. The molecular weight excluding hydrogens is 250 g/mol. The molecule has 110 valence electrons. The minimum Gasteiger partial charge on any atom is -0.355 e. The topological polar surface area (TPSA) is 45.2 Å². The Labute approximate surface area is 121 Å². The van der Waals surface area contributed by atoms with Crippen LogP contribution in [-0.4, -0.2) is 42.0 Å². The van der Waals surface area contributed by atoms with Crippen molar-refractivity contribution in [1.82, 2.24) is 15.2 Å². The Morgan fingerprint density at radius 2 is 1.95 bits per heavy atom. The number of carbonyl (C=O) groups excluding carboxylic acids is 1. The molecule has 0 atom stereocenters. The van der Waals surface area contributed by atoms with Crippen LogP contribution in [0.4, 0.5) is 0 Å². The minimum atomic E-state index is 0.148. The van der Waals surface area contributed by atoms with Gasteiger partial charge in [0.25, 0.3) is 0 Å². The van der Waals surface area contributed by atoms with Gasteiger partial charge in [-0.05, 0) is 44.0 Å². The van der Waals surface area contributed by atoms with Crippen molar-refractivity contribution in [1.29, 1.82) is 0 Å². The third-order valence-electron chi connectivity index (χ3n) is 3.77. The van der Waals surface area contributed by atoms with E-state index in [4.69, 9.17) is 0 Å². The van der Waals surface area contributed by atoms with Crippen LogP contribution in [0.25, 0.3) is 0 Å². The summed E-state index contributed by atoms with van der Waals surface area (Å²) in [5.74, 6) is 0.148. The molecule has 0 saturated carbocycles. The number of amides is 1. The van der Waals surface area contributed by atoms with Crippen LogP contribution in [0.15, 0.2) is 24.5 Å². The van der Waals surface area contributed by atoms with Crippen LogP contribution < -0.4 is 5.32 Å². The maximum Gasteiger partial charge on any atom is 0.234 e. The number of nitrogens with zero attached hydrogens (tertiary/aromatic N) is 2. The lowest BCUT2D eigenvalue weighted by molar-refractivity contribution is -0.122. The summed E-state index contributed by atoms with van der Waals surface area (Å²) in [7, 11) is 0. The normalized spacial score (nSPS) is 17.2. The first-order valence-electron chi connectivity index (χ1n) is 7.72. The minimum absolute atomic E-state index is 0.148.